The van der Waals surface area contributed by atoms with E-state index in [2.05, 4.69) is 27.4 Å². The van der Waals surface area contributed by atoms with E-state index in [1.165, 1.54) is 5.56 Å². The number of hydrogen-bond donors (Lipinski definition) is 2. The summed E-state index contributed by atoms with van der Waals surface area (Å²) in [5.74, 6) is 0. The van der Waals surface area contributed by atoms with Gasteiger partial charge in [0.05, 0.1) is 12.2 Å². The molecule has 0 atom stereocenters. The molecular formula is C10H13N5O. The fourth-order valence-electron chi connectivity index (χ4n) is 1.42. The van der Waals surface area contributed by atoms with E-state index in [0.717, 1.165) is 12.1 Å². The van der Waals surface area contributed by atoms with Crippen molar-refractivity contribution in [3.8, 4) is 0 Å². The van der Waals surface area contributed by atoms with Crippen molar-refractivity contribution in [2.45, 2.75) is 19.9 Å². The fraction of sp³-hybridized carbons (Fsp3) is 0.300. The summed E-state index contributed by atoms with van der Waals surface area (Å²) in [4.78, 5) is 4.29. The quantitative estimate of drug-likeness (QED) is 0.803. The number of nitrogen functional groups attached to an aromatic ring is 1. The summed E-state index contributed by atoms with van der Waals surface area (Å²) >= 11 is 0. The minimum Gasteiger partial charge on any atom is -0.390 e. The van der Waals surface area contributed by atoms with Gasteiger partial charge >= 0.3 is 12.0 Å². The highest BCUT2D eigenvalue weighted by Gasteiger charge is 2.04. The van der Waals surface area contributed by atoms with Gasteiger partial charge in [-0.1, -0.05) is 23.2 Å². The molecule has 0 spiro atoms. The molecule has 0 radical (unpaired) electrons. The average Bonchev–Trinajstić information content (AvgIpc) is 2.73. The number of nitrogens with two attached hydrogens (primary N) is 1. The van der Waals surface area contributed by atoms with Crippen molar-refractivity contribution in [2.24, 2.45) is 0 Å². The number of nitrogens with zero attached hydrogens (tertiary/aromatic N) is 3. The second-order valence-electron chi connectivity index (χ2n) is 3.26. The molecule has 6 heteroatoms. The summed E-state index contributed by atoms with van der Waals surface area (Å²) in [5, 5.41) is 10.2. The van der Waals surface area contributed by atoms with Crippen LogP contribution < -0.4 is 11.1 Å². The van der Waals surface area contributed by atoms with Crippen LogP contribution in [0, 0.1) is 0 Å². The lowest BCUT2D eigenvalue weighted by Crippen LogP contribution is -2.05. The van der Waals surface area contributed by atoms with E-state index < -0.39 is 0 Å². The van der Waals surface area contributed by atoms with Crippen LogP contribution in [0.4, 0.5) is 12.0 Å². The molecule has 2 aromatic rings. The van der Waals surface area contributed by atoms with Crippen LogP contribution in [0.1, 0.15) is 18.2 Å². The first-order chi connectivity index (χ1) is 7.79. The first-order valence-corrected chi connectivity index (χ1v) is 5.05. The molecule has 2 heterocycles. The van der Waals surface area contributed by atoms with Gasteiger partial charge in [-0.3, -0.25) is 4.98 Å². The lowest BCUT2D eigenvalue weighted by atomic mass is 10.1. The number of pyridine rings is 1. The SMILES string of the molecule is CCc1cccnc1CNc1nnc(N)o1. The zero-order chi connectivity index (χ0) is 11.4. The zero-order valence-corrected chi connectivity index (χ0v) is 8.97. The first kappa shape index (κ1) is 10.4. The number of anilines is 2. The number of aromatic nitrogens is 3. The third kappa shape index (κ3) is 2.28. The molecule has 0 aliphatic carbocycles. The van der Waals surface area contributed by atoms with Crippen molar-refractivity contribution in [1.29, 1.82) is 0 Å². The Morgan fingerprint density at radius 1 is 1.44 bits per heavy atom. The van der Waals surface area contributed by atoms with Crippen LogP contribution >= 0.6 is 0 Å². The third-order valence-electron chi connectivity index (χ3n) is 2.21. The molecule has 6 nitrogen and oxygen atoms in total. The van der Waals surface area contributed by atoms with Crippen LogP contribution in [-0.2, 0) is 13.0 Å². The van der Waals surface area contributed by atoms with Crippen LogP contribution in [0.5, 0.6) is 0 Å². The van der Waals surface area contributed by atoms with Crippen LogP contribution in [0.15, 0.2) is 22.7 Å². The van der Waals surface area contributed by atoms with Gasteiger partial charge in [-0.2, -0.15) is 0 Å². The van der Waals surface area contributed by atoms with Gasteiger partial charge in [0.25, 0.3) is 0 Å². The Balaban J connectivity index is 2.04. The van der Waals surface area contributed by atoms with Gasteiger partial charge in [-0.05, 0) is 18.1 Å². The van der Waals surface area contributed by atoms with Crippen molar-refractivity contribution in [3.63, 3.8) is 0 Å². The number of nitrogens with one attached hydrogen (secondary N) is 1. The molecular weight excluding hydrogens is 206 g/mol. The molecule has 0 saturated heterocycles. The van der Waals surface area contributed by atoms with Crippen LogP contribution in [0.3, 0.4) is 0 Å². The monoisotopic (exact) mass is 219 g/mol. The summed E-state index contributed by atoms with van der Waals surface area (Å²) in [6, 6.07) is 4.34. The molecule has 0 saturated carbocycles. The first-order valence-electron chi connectivity index (χ1n) is 5.05. The van der Waals surface area contributed by atoms with Gasteiger partial charge in [0.2, 0.25) is 0 Å². The van der Waals surface area contributed by atoms with E-state index in [1.807, 2.05) is 12.1 Å². The molecule has 0 fully saturated rings. The molecule has 0 aliphatic rings. The van der Waals surface area contributed by atoms with Gasteiger partial charge in [0.1, 0.15) is 0 Å². The smallest absolute Gasteiger partial charge is 0.317 e. The molecule has 2 aromatic heterocycles. The third-order valence-corrected chi connectivity index (χ3v) is 2.21. The largest absolute Gasteiger partial charge is 0.390 e. The molecule has 0 aliphatic heterocycles. The highest BCUT2D eigenvalue weighted by Crippen LogP contribution is 2.10. The Morgan fingerprint density at radius 3 is 3.00 bits per heavy atom. The molecule has 3 N–H and O–H groups in total. The Hall–Kier alpha value is -2.11. The minimum absolute atomic E-state index is 0.0548. The second-order valence-corrected chi connectivity index (χ2v) is 3.26. The molecule has 2 rings (SSSR count). The minimum atomic E-state index is 0.0548. The topological polar surface area (TPSA) is 89.9 Å². The van der Waals surface area contributed by atoms with Crippen LogP contribution in [0.25, 0.3) is 0 Å². The van der Waals surface area contributed by atoms with E-state index in [-0.39, 0.29) is 6.01 Å². The molecule has 0 bridgehead atoms. The maximum atomic E-state index is 5.31. The Bertz CT molecular complexity index is 468. The zero-order valence-electron chi connectivity index (χ0n) is 8.97. The summed E-state index contributed by atoms with van der Waals surface area (Å²) < 4.78 is 5.00. The van der Waals surface area contributed by atoms with E-state index >= 15 is 0 Å². The molecule has 84 valence electrons. The molecule has 0 aromatic carbocycles. The lowest BCUT2D eigenvalue weighted by molar-refractivity contribution is 0.585. The summed E-state index contributed by atoms with van der Waals surface area (Å²) in [6.45, 7) is 2.64. The molecule has 16 heavy (non-hydrogen) atoms. The van der Waals surface area contributed by atoms with Gasteiger partial charge in [0.15, 0.2) is 0 Å². The Morgan fingerprint density at radius 2 is 2.31 bits per heavy atom. The number of aryl methyl sites for hydroxylation is 1. The maximum Gasteiger partial charge on any atom is 0.317 e. The van der Waals surface area contributed by atoms with Crippen molar-refractivity contribution in [3.05, 3.63) is 29.6 Å². The Labute approximate surface area is 92.9 Å². The standard InChI is InChI=1S/C10H13N5O/c1-2-7-4-3-5-12-8(7)6-13-10-15-14-9(11)16-10/h3-5H,2,6H2,1H3,(H2,11,14)(H,13,15). The van der Waals surface area contributed by atoms with E-state index in [9.17, 15) is 0 Å². The average molecular weight is 219 g/mol. The van der Waals surface area contributed by atoms with Crippen molar-refractivity contribution < 1.29 is 4.42 Å². The molecule has 0 amide bonds. The fourth-order valence-corrected chi connectivity index (χ4v) is 1.42. The van der Waals surface area contributed by atoms with E-state index in [4.69, 9.17) is 10.2 Å². The van der Waals surface area contributed by atoms with Crippen molar-refractivity contribution >= 4 is 12.0 Å². The van der Waals surface area contributed by atoms with Crippen LogP contribution in [0.2, 0.25) is 0 Å². The summed E-state index contributed by atoms with van der Waals surface area (Å²) in [7, 11) is 0. The second kappa shape index (κ2) is 4.61. The lowest BCUT2D eigenvalue weighted by Gasteiger charge is -2.05. The summed E-state index contributed by atoms with van der Waals surface area (Å²) in [5.41, 5.74) is 7.48. The Kier molecular flexibility index (Phi) is 3.00. The van der Waals surface area contributed by atoms with Crippen molar-refractivity contribution in [1.82, 2.24) is 15.2 Å². The van der Waals surface area contributed by atoms with Crippen molar-refractivity contribution in [2.75, 3.05) is 11.1 Å². The van der Waals surface area contributed by atoms with E-state index in [0.29, 0.717) is 12.6 Å². The highest BCUT2D eigenvalue weighted by molar-refractivity contribution is 5.27. The maximum absolute atomic E-state index is 5.31. The summed E-state index contributed by atoms with van der Waals surface area (Å²) in [6.07, 6.45) is 2.70. The van der Waals surface area contributed by atoms with Gasteiger partial charge in [-0.25, -0.2) is 0 Å². The van der Waals surface area contributed by atoms with Crippen LogP contribution in [-0.4, -0.2) is 15.2 Å². The van der Waals surface area contributed by atoms with E-state index in [1.54, 1.807) is 6.20 Å². The predicted octanol–water partition coefficient (Wildman–Crippen LogP) is 1.22. The van der Waals surface area contributed by atoms with Gasteiger partial charge in [0, 0.05) is 6.20 Å². The number of rotatable bonds is 4. The molecule has 0 unspecified atom stereocenters. The van der Waals surface area contributed by atoms with Gasteiger partial charge in [-0.15, -0.1) is 0 Å². The highest BCUT2D eigenvalue weighted by atomic mass is 16.4. The normalized spacial score (nSPS) is 10.3. The predicted molar refractivity (Wildman–Crippen MR) is 59.7 cm³/mol. The van der Waals surface area contributed by atoms with Gasteiger partial charge < -0.3 is 15.5 Å². The number of hydrogen-bond acceptors (Lipinski definition) is 6.